The molecule has 0 bridgehead atoms. The third kappa shape index (κ3) is 4.78. The Labute approximate surface area is 119 Å². The molecule has 6 heteroatoms. The molecule has 100 valence electrons. The minimum Gasteiger partial charge on any atom is -0.458 e. The van der Waals surface area contributed by atoms with Gasteiger partial charge in [0.25, 0.3) is 5.91 Å². The van der Waals surface area contributed by atoms with E-state index >= 15 is 0 Å². The van der Waals surface area contributed by atoms with Crippen LogP contribution in [0.4, 0.5) is 0 Å². The van der Waals surface area contributed by atoms with Gasteiger partial charge in [-0.15, -0.1) is 11.3 Å². The van der Waals surface area contributed by atoms with Gasteiger partial charge in [-0.1, -0.05) is 0 Å². The highest BCUT2D eigenvalue weighted by Crippen LogP contribution is 2.20. The van der Waals surface area contributed by atoms with Crippen LogP contribution in [-0.2, 0) is 9.53 Å². The summed E-state index contributed by atoms with van der Waals surface area (Å²) in [5, 5.41) is 4.33. The summed E-state index contributed by atoms with van der Waals surface area (Å²) in [5.74, 6) is -0.722. The molecular formula is C12H16BrNO3S. The topological polar surface area (TPSA) is 55.4 Å². The van der Waals surface area contributed by atoms with E-state index in [1.54, 1.807) is 39.1 Å². The minimum absolute atomic E-state index is 0.282. The normalized spacial score (nSPS) is 12.9. The lowest BCUT2D eigenvalue weighted by Crippen LogP contribution is -2.42. The van der Waals surface area contributed by atoms with Gasteiger partial charge in [0.2, 0.25) is 0 Å². The second-order valence-electron chi connectivity index (χ2n) is 4.87. The van der Waals surface area contributed by atoms with Crippen LogP contribution >= 0.6 is 27.3 Å². The van der Waals surface area contributed by atoms with Gasteiger partial charge < -0.3 is 10.1 Å². The molecule has 0 aliphatic carbocycles. The summed E-state index contributed by atoms with van der Waals surface area (Å²) >= 11 is 4.70. The van der Waals surface area contributed by atoms with Crippen molar-refractivity contribution in [3.63, 3.8) is 0 Å². The lowest BCUT2D eigenvalue weighted by atomic mass is 10.2. The molecule has 0 unspecified atom stereocenters. The number of rotatable bonds is 3. The van der Waals surface area contributed by atoms with Crippen LogP contribution in [0.2, 0.25) is 0 Å². The first kappa shape index (κ1) is 15.2. The number of halogens is 1. The largest absolute Gasteiger partial charge is 0.458 e. The van der Waals surface area contributed by atoms with Crippen molar-refractivity contribution >= 4 is 39.1 Å². The Balaban J connectivity index is 2.57. The second-order valence-corrected chi connectivity index (χ2v) is 7.16. The highest BCUT2D eigenvalue weighted by molar-refractivity contribution is 9.11. The monoisotopic (exact) mass is 333 g/mol. The zero-order chi connectivity index (χ0) is 13.9. The molecule has 1 atom stereocenters. The molecule has 0 fully saturated rings. The van der Waals surface area contributed by atoms with Crippen molar-refractivity contribution in [2.75, 3.05) is 0 Å². The summed E-state index contributed by atoms with van der Waals surface area (Å²) in [6.45, 7) is 6.97. The number of esters is 1. The van der Waals surface area contributed by atoms with E-state index in [1.165, 1.54) is 11.3 Å². The van der Waals surface area contributed by atoms with Crippen LogP contribution in [0.25, 0.3) is 0 Å². The Morgan fingerprint density at radius 3 is 2.50 bits per heavy atom. The summed E-state index contributed by atoms with van der Waals surface area (Å²) in [5.41, 5.74) is -0.0242. The molecule has 0 aliphatic rings. The fourth-order valence-corrected chi connectivity index (χ4v) is 2.29. The maximum atomic E-state index is 11.8. The van der Waals surface area contributed by atoms with Crippen LogP contribution in [0.15, 0.2) is 15.2 Å². The molecular weight excluding hydrogens is 318 g/mol. The van der Waals surface area contributed by atoms with Crippen molar-refractivity contribution in [3.05, 3.63) is 20.8 Å². The molecule has 0 saturated heterocycles. The zero-order valence-corrected chi connectivity index (χ0v) is 13.1. The highest BCUT2D eigenvalue weighted by Gasteiger charge is 2.23. The Kier molecular flexibility index (Phi) is 4.92. The van der Waals surface area contributed by atoms with Gasteiger partial charge in [0.15, 0.2) is 0 Å². The molecule has 0 radical (unpaired) electrons. The number of hydrogen-bond donors (Lipinski definition) is 1. The van der Waals surface area contributed by atoms with Crippen molar-refractivity contribution in [3.8, 4) is 0 Å². The summed E-state index contributed by atoms with van der Waals surface area (Å²) in [7, 11) is 0. The average Bonchev–Trinajstić information content (AvgIpc) is 2.62. The summed E-state index contributed by atoms with van der Waals surface area (Å²) in [4.78, 5) is 23.5. The van der Waals surface area contributed by atoms with E-state index in [-0.39, 0.29) is 5.91 Å². The minimum atomic E-state index is -0.671. The van der Waals surface area contributed by atoms with E-state index in [9.17, 15) is 9.59 Å². The standard InChI is InChI=1S/C12H16BrNO3S/c1-7(11(16)17-12(2,3)4)14-10(15)8-5-9(13)18-6-8/h5-7H,1-4H3,(H,14,15)/t7-/m0/s1. The van der Waals surface area contributed by atoms with Crippen molar-refractivity contribution in [2.45, 2.75) is 39.3 Å². The van der Waals surface area contributed by atoms with E-state index in [0.29, 0.717) is 5.56 Å². The van der Waals surface area contributed by atoms with E-state index < -0.39 is 17.6 Å². The number of hydrogen-bond acceptors (Lipinski definition) is 4. The van der Waals surface area contributed by atoms with Gasteiger partial charge in [-0.25, -0.2) is 4.79 Å². The predicted octanol–water partition coefficient (Wildman–Crippen LogP) is 2.97. The number of thiophene rings is 1. The van der Waals surface area contributed by atoms with Gasteiger partial charge in [0, 0.05) is 5.38 Å². The molecule has 0 saturated carbocycles. The van der Waals surface area contributed by atoms with Crippen molar-refractivity contribution in [2.24, 2.45) is 0 Å². The van der Waals surface area contributed by atoms with Crippen LogP contribution in [0.1, 0.15) is 38.1 Å². The molecule has 1 aromatic rings. The van der Waals surface area contributed by atoms with Crippen LogP contribution in [0, 0.1) is 0 Å². The number of nitrogens with one attached hydrogen (secondary N) is 1. The number of amides is 1. The maximum absolute atomic E-state index is 11.8. The third-order valence-electron chi connectivity index (χ3n) is 1.94. The number of carbonyl (C=O) groups is 2. The molecule has 0 aliphatic heterocycles. The zero-order valence-electron chi connectivity index (χ0n) is 10.7. The fraction of sp³-hybridized carbons (Fsp3) is 0.500. The van der Waals surface area contributed by atoms with Crippen LogP contribution in [0.3, 0.4) is 0 Å². The second kappa shape index (κ2) is 5.84. The average molecular weight is 334 g/mol. The SMILES string of the molecule is C[C@H](NC(=O)c1csc(Br)c1)C(=O)OC(C)(C)C. The van der Waals surface area contributed by atoms with Gasteiger partial charge >= 0.3 is 5.97 Å². The van der Waals surface area contributed by atoms with E-state index in [4.69, 9.17) is 4.74 Å². The molecule has 1 N–H and O–H groups in total. The lowest BCUT2D eigenvalue weighted by molar-refractivity contribution is -0.156. The van der Waals surface area contributed by atoms with Crippen molar-refractivity contribution in [1.29, 1.82) is 0 Å². The third-order valence-corrected chi connectivity index (χ3v) is 3.44. The number of carbonyl (C=O) groups excluding carboxylic acids is 2. The van der Waals surface area contributed by atoms with Crippen LogP contribution in [-0.4, -0.2) is 23.5 Å². The maximum Gasteiger partial charge on any atom is 0.328 e. The van der Waals surface area contributed by atoms with Gasteiger partial charge in [0.05, 0.1) is 9.35 Å². The highest BCUT2D eigenvalue weighted by atomic mass is 79.9. The quantitative estimate of drug-likeness (QED) is 0.865. The lowest BCUT2D eigenvalue weighted by Gasteiger charge is -2.22. The molecule has 4 nitrogen and oxygen atoms in total. The molecule has 1 amide bonds. The van der Waals surface area contributed by atoms with Gasteiger partial charge in [-0.2, -0.15) is 0 Å². The molecule has 1 aromatic heterocycles. The fourth-order valence-electron chi connectivity index (χ4n) is 1.16. The molecule has 0 spiro atoms. The molecule has 18 heavy (non-hydrogen) atoms. The van der Waals surface area contributed by atoms with Crippen LogP contribution < -0.4 is 5.32 Å². The Hall–Kier alpha value is -0.880. The van der Waals surface area contributed by atoms with Crippen molar-refractivity contribution < 1.29 is 14.3 Å². The van der Waals surface area contributed by atoms with Gasteiger partial charge in [-0.3, -0.25) is 4.79 Å². The first-order valence-electron chi connectivity index (χ1n) is 5.47. The number of ether oxygens (including phenoxy) is 1. The smallest absolute Gasteiger partial charge is 0.328 e. The molecule has 0 aromatic carbocycles. The first-order chi connectivity index (χ1) is 8.19. The van der Waals surface area contributed by atoms with E-state index in [2.05, 4.69) is 21.2 Å². The van der Waals surface area contributed by atoms with Crippen LogP contribution in [0.5, 0.6) is 0 Å². The Morgan fingerprint density at radius 1 is 1.44 bits per heavy atom. The van der Waals surface area contributed by atoms with E-state index in [1.807, 2.05) is 0 Å². The summed E-state index contributed by atoms with van der Waals surface area (Å²) < 4.78 is 6.05. The summed E-state index contributed by atoms with van der Waals surface area (Å²) in [6, 6.07) is 1.04. The molecule has 1 heterocycles. The van der Waals surface area contributed by atoms with Crippen molar-refractivity contribution in [1.82, 2.24) is 5.32 Å². The van der Waals surface area contributed by atoms with E-state index in [0.717, 1.165) is 3.79 Å². The molecule has 1 rings (SSSR count). The van der Waals surface area contributed by atoms with Gasteiger partial charge in [-0.05, 0) is 49.7 Å². The predicted molar refractivity (Wildman–Crippen MR) is 74.8 cm³/mol. The summed E-state index contributed by atoms with van der Waals surface area (Å²) in [6.07, 6.45) is 0. The Bertz CT molecular complexity index is 450. The van der Waals surface area contributed by atoms with Gasteiger partial charge in [0.1, 0.15) is 11.6 Å². The first-order valence-corrected chi connectivity index (χ1v) is 7.14. The Morgan fingerprint density at radius 2 is 2.06 bits per heavy atom.